The second-order valence-electron chi connectivity index (χ2n) is 3.00. The van der Waals surface area contributed by atoms with Crippen LogP contribution < -0.4 is 0 Å². The lowest BCUT2D eigenvalue weighted by Crippen LogP contribution is -2.27. The van der Waals surface area contributed by atoms with Crippen LogP contribution in [0.1, 0.15) is 6.92 Å². The lowest BCUT2D eigenvalue weighted by Gasteiger charge is -2.21. The molecule has 5 nitrogen and oxygen atoms in total. The molecule has 0 radical (unpaired) electrons. The van der Waals surface area contributed by atoms with Crippen LogP contribution in [-0.2, 0) is 4.79 Å². The highest BCUT2D eigenvalue weighted by Crippen LogP contribution is 2.35. The summed E-state index contributed by atoms with van der Waals surface area (Å²) in [5.74, 6) is -0.433. The first-order chi connectivity index (χ1) is 7.62. The van der Waals surface area contributed by atoms with Crippen molar-refractivity contribution in [3.63, 3.8) is 0 Å². The summed E-state index contributed by atoms with van der Waals surface area (Å²) in [5.41, 5.74) is 0.0701. The van der Waals surface area contributed by atoms with Gasteiger partial charge in [0.25, 0.3) is 0 Å². The van der Waals surface area contributed by atoms with E-state index in [9.17, 15) is 4.79 Å². The highest BCUT2D eigenvalue weighted by Gasteiger charge is 2.41. The zero-order valence-electron chi connectivity index (χ0n) is 8.27. The van der Waals surface area contributed by atoms with Crippen molar-refractivity contribution in [2.75, 3.05) is 0 Å². The Morgan fingerprint density at radius 1 is 1.38 bits per heavy atom. The highest BCUT2D eigenvalue weighted by atomic mass is 16.1. The van der Waals surface area contributed by atoms with Crippen molar-refractivity contribution in [2.24, 2.45) is 0 Å². The van der Waals surface area contributed by atoms with Crippen LogP contribution in [0.3, 0.4) is 0 Å². The van der Waals surface area contributed by atoms with Crippen LogP contribution in [0.2, 0.25) is 0 Å². The maximum atomic E-state index is 11.4. The van der Waals surface area contributed by atoms with E-state index < -0.39 is 11.8 Å². The van der Waals surface area contributed by atoms with E-state index in [2.05, 4.69) is 4.85 Å². The first-order valence-corrected chi connectivity index (χ1v) is 4.18. The molecule has 5 heteroatoms. The number of carbonyl (C=O) groups is 1. The molecule has 0 amide bonds. The van der Waals surface area contributed by atoms with Crippen LogP contribution in [0.15, 0.2) is 22.3 Å². The zero-order chi connectivity index (χ0) is 12.3. The molecule has 1 rings (SSSR count). The normalized spacial score (nSPS) is 15.1. The van der Waals surface area contributed by atoms with Gasteiger partial charge in [-0.15, -0.1) is 0 Å². The second kappa shape index (κ2) is 4.09. The summed E-state index contributed by atoms with van der Waals surface area (Å²) in [7, 11) is 0. The smallest absolute Gasteiger partial charge is 0.292 e. The van der Waals surface area contributed by atoms with Gasteiger partial charge in [-0.2, -0.15) is 15.8 Å². The van der Waals surface area contributed by atoms with E-state index in [0.717, 1.165) is 0 Å². The van der Waals surface area contributed by atoms with E-state index in [-0.39, 0.29) is 22.3 Å². The predicted octanol–water partition coefficient (Wildman–Crippen LogP) is 1.04. The summed E-state index contributed by atoms with van der Waals surface area (Å²) >= 11 is 0. The third-order valence-corrected chi connectivity index (χ3v) is 2.24. The van der Waals surface area contributed by atoms with Crippen molar-refractivity contribution in [3.05, 3.63) is 33.7 Å². The van der Waals surface area contributed by atoms with E-state index in [0.29, 0.717) is 0 Å². The van der Waals surface area contributed by atoms with Crippen LogP contribution in [0.25, 0.3) is 4.85 Å². The third kappa shape index (κ3) is 1.34. The SMILES string of the molecule is [C-]#[N+]C(C#N)C1=C(C)C(=O)C1=C(C#N)C#N. The molecule has 0 aromatic carbocycles. The summed E-state index contributed by atoms with van der Waals surface area (Å²) < 4.78 is 0. The average molecular weight is 208 g/mol. The van der Waals surface area contributed by atoms with Gasteiger partial charge in [0.15, 0.2) is 11.9 Å². The first-order valence-electron chi connectivity index (χ1n) is 4.18. The Morgan fingerprint density at radius 2 is 1.94 bits per heavy atom. The van der Waals surface area contributed by atoms with E-state index in [1.165, 1.54) is 6.92 Å². The number of nitriles is 3. The molecule has 74 valence electrons. The average Bonchev–Trinajstić information content (AvgIpc) is 2.33. The summed E-state index contributed by atoms with van der Waals surface area (Å²) in [5, 5.41) is 26.0. The third-order valence-electron chi connectivity index (χ3n) is 2.24. The van der Waals surface area contributed by atoms with E-state index in [1.54, 1.807) is 18.2 Å². The number of Topliss-reactive ketones (excluding diaryl/α,β-unsaturated/α-hetero) is 1. The minimum Gasteiger partial charge on any atom is -0.292 e. The zero-order valence-corrected chi connectivity index (χ0v) is 8.27. The number of rotatable bonds is 1. The van der Waals surface area contributed by atoms with Gasteiger partial charge in [-0.1, -0.05) is 0 Å². The molecule has 0 aromatic rings. The summed E-state index contributed by atoms with van der Waals surface area (Å²) in [6.07, 6.45) is 0. The maximum absolute atomic E-state index is 11.4. The lowest BCUT2D eigenvalue weighted by molar-refractivity contribution is -0.113. The minimum absolute atomic E-state index is 0.0787. The van der Waals surface area contributed by atoms with Crippen molar-refractivity contribution in [1.82, 2.24) is 0 Å². The molecular formula is C11H4N4O. The quantitative estimate of drug-likeness (QED) is 0.365. The summed E-state index contributed by atoms with van der Waals surface area (Å²) in [6.45, 7) is 8.27. The molecule has 0 N–H and O–H groups in total. The topological polar surface area (TPSA) is 92.8 Å². The molecule has 1 atom stereocenters. The van der Waals surface area contributed by atoms with Gasteiger partial charge in [-0.05, 0) is 6.92 Å². The molecule has 0 saturated carbocycles. The van der Waals surface area contributed by atoms with Crippen molar-refractivity contribution < 1.29 is 4.79 Å². The van der Waals surface area contributed by atoms with Crippen molar-refractivity contribution in [3.8, 4) is 18.2 Å². The minimum atomic E-state index is -1.12. The predicted molar refractivity (Wildman–Crippen MR) is 52.0 cm³/mol. The first kappa shape index (κ1) is 11.2. The molecule has 0 bridgehead atoms. The van der Waals surface area contributed by atoms with Gasteiger partial charge < -0.3 is 0 Å². The van der Waals surface area contributed by atoms with Crippen molar-refractivity contribution >= 4 is 5.78 Å². The van der Waals surface area contributed by atoms with E-state index in [4.69, 9.17) is 22.4 Å². The highest BCUT2D eigenvalue weighted by molar-refractivity contribution is 6.21. The standard InChI is InChI=1S/C11H4N4O/c1-6-9(8(5-14)15-2)10(11(6)16)7(3-12)4-13/h8H,1H3. The van der Waals surface area contributed by atoms with Crippen LogP contribution in [-0.4, -0.2) is 11.8 Å². The second-order valence-corrected chi connectivity index (χ2v) is 3.00. The van der Waals surface area contributed by atoms with Gasteiger partial charge in [-0.25, -0.2) is 6.57 Å². The summed E-state index contributed by atoms with van der Waals surface area (Å²) in [4.78, 5) is 14.5. The fraction of sp³-hybridized carbons (Fsp3) is 0.182. The number of allylic oxidation sites excluding steroid dienone is 2. The van der Waals surface area contributed by atoms with Crippen LogP contribution >= 0.6 is 0 Å². The van der Waals surface area contributed by atoms with Gasteiger partial charge in [-0.3, -0.25) is 9.64 Å². The number of hydrogen-bond donors (Lipinski definition) is 0. The van der Waals surface area contributed by atoms with Crippen LogP contribution in [0.4, 0.5) is 0 Å². The molecule has 0 aromatic heterocycles. The Balaban J connectivity index is 3.45. The largest absolute Gasteiger partial charge is 0.333 e. The Morgan fingerprint density at radius 3 is 2.31 bits per heavy atom. The fourth-order valence-corrected chi connectivity index (χ4v) is 1.44. The van der Waals surface area contributed by atoms with Gasteiger partial charge >= 0.3 is 6.04 Å². The van der Waals surface area contributed by atoms with Gasteiger partial charge in [0.1, 0.15) is 17.7 Å². The van der Waals surface area contributed by atoms with E-state index >= 15 is 0 Å². The Hall–Kier alpha value is -2.89. The molecule has 0 spiro atoms. The van der Waals surface area contributed by atoms with Crippen LogP contribution in [0.5, 0.6) is 0 Å². The maximum Gasteiger partial charge on any atom is 0.333 e. The Bertz CT molecular complexity index is 566. The molecule has 16 heavy (non-hydrogen) atoms. The molecule has 1 unspecified atom stereocenters. The fourth-order valence-electron chi connectivity index (χ4n) is 1.44. The molecule has 0 saturated heterocycles. The molecule has 1 aliphatic rings. The Kier molecular flexibility index (Phi) is 2.86. The number of ketones is 1. The summed E-state index contributed by atoms with van der Waals surface area (Å²) in [6, 6.07) is 3.78. The number of nitrogens with zero attached hydrogens (tertiary/aromatic N) is 4. The van der Waals surface area contributed by atoms with E-state index in [1.807, 2.05) is 0 Å². The number of carbonyl (C=O) groups excluding carboxylic acids is 1. The van der Waals surface area contributed by atoms with Crippen LogP contribution in [0, 0.1) is 40.6 Å². The molecule has 0 aliphatic heterocycles. The van der Waals surface area contributed by atoms with Gasteiger partial charge in [0, 0.05) is 5.57 Å². The molecular weight excluding hydrogens is 204 g/mol. The number of hydrogen-bond acceptors (Lipinski definition) is 4. The lowest BCUT2D eigenvalue weighted by atomic mass is 9.76. The molecule has 1 aliphatic carbocycles. The Labute approximate surface area is 91.9 Å². The molecule has 0 heterocycles. The van der Waals surface area contributed by atoms with Gasteiger partial charge in [0.2, 0.25) is 0 Å². The van der Waals surface area contributed by atoms with Crippen molar-refractivity contribution in [2.45, 2.75) is 13.0 Å². The monoisotopic (exact) mass is 208 g/mol. The van der Waals surface area contributed by atoms with Crippen molar-refractivity contribution in [1.29, 1.82) is 15.8 Å². The molecule has 0 fully saturated rings. The van der Waals surface area contributed by atoms with Gasteiger partial charge in [0.05, 0.1) is 11.1 Å².